The Labute approximate surface area is 114 Å². The summed E-state index contributed by atoms with van der Waals surface area (Å²) in [5.74, 6) is -4.37. The third kappa shape index (κ3) is 389. The number of quaternary nitrogens is 1. The second-order valence-electron chi connectivity index (χ2n) is 1.07. The van der Waals surface area contributed by atoms with Crippen LogP contribution in [0.5, 0.6) is 0 Å². The van der Waals surface area contributed by atoms with Crippen LogP contribution in [0.15, 0.2) is 0 Å². The first-order valence-electron chi connectivity index (χ1n) is 2.01. The Morgan fingerprint density at radius 2 is 0.895 bits per heavy atom. The molecule has 0 saturated heterocycles. The van der Waals surface area contributed by atoms with Gasteiger partial charge in [-0.1, -0.05) is 0 Å². The topological polar surface area (TPSA) is 372 Å². The van der Waals surface area contributed by atoms with Gasteiger partial charge in [-0.3, -0.25) is 4.57 Å². The van der Waals surface area contributed by atoms with Crippen LogP contribution in [0.25, 0.3) is 0 Å². The SMILES string of the molecule is O.O.O.O.O.O=C([O-])C(=O)[O-].O=P([O-])(O)O.[NH4+].[O]=[V+2]. The molecule has 0 aromatic heterocycles. The van der Waals surface area contributed by atoms with Crippen molar-refractivity contribution in [3.8, 4) is 0 Å². The first kappa shape index (κ1) is 63.6. The molecule has 0 fully saturated rings. The molecule has 0 amide bonds. The zero-order valence-corrected chi connectivity index (χ0v) is 11.4. The van der Waals surface area contributed by atoms with E-state index in [9.17, 15) is 0 Å². The third-order valence-electron chi connectivity index (χ3n) is 0.167. The molecule has 16 N–H and O–H groups in total. The predicted octanol–water partition coefficient (Wildman–Crippen LogP) is -8.94. The van der Waals surface area contributed by atoms with Crippen molar-refractivity contribution in [2.45, 2.75) is 0 Å². The molecule has 0 radical (unpaired) electrons. The van der Waals surface area contributed by atoms with Gasteiger partial charge in [0.2, 0.25) is 0 Å². The van der Waals surface area contributed by atoms with E-state index in [2.05, 4.69) is 0 Å². The number of aliphatic carboxylic acids is 2. The van der Waals surface area contributed by atoms with E-state index in [0.717, 1.165) is 17.4 Å². The molecule has 19 heavy (non-hydrogen) atoms. The van der Waals surface area contributed by atoms with Crippen LogP contribution < -0.4 is 21.3 Å². The molecule has 123 valence electrons. The van der Waals surface area contributed by atoms with Crippen LogP contribution in [0.1, 0.15) is 0 Å². The van der Waals surface area contributed by atoms with E-state index in [1.54, 1.807) is 0 Å². The van der Waals surface area contributed by atoms with Crippen LogP contribution >= 0.6 is 7.82 Å². The fourth-order valence-electron chi connectivity index (χ4n) is 0. The Morgan fingerprint density at radius 1 is 0.842 bits per heavy atom. The van der Waals surface area contributed by atoms with Crippen LogP contribution in [-0.4, -0.2) is 49.1 Å². The van der Waals surface area contributed by atoms with Crippen molar-refractivity contribution in [3.63, 3.8) is 0 Å². The van der Waals surface area contributed by atoms with E-state index in [0.29, 0.717) is 0 Å². The second kappa shape index (κ2) is 36.0. The summed E-state index contributed by atoms with van der Waals surface area (Å²) in [7, 11) is -4.89. The molecule has 0 spiro atoms. The van der Waals surface area contributed by atoms with E-state index in [1.165, 1.54) is 0 Å². The third-order valence-corrected chi connectivity index (χ3v) is 0.167. The number of carboxylic acids is 2. The van der Waals surface area contributed by atoms with E-state index in [-0.39, 0.29) is 33.5 Å². The summed E-state index contributed by atoms with van der Waals surface area (Å²) in [6.07, 6.45) is 0. The summed E-state index contributed by atoms with van der Waals surface area (Å²) in [6.45, 7) is 0. The summed E-state index contributed by atoms with van der Waals surface area (Å²) in [5.41, 5.74) is 0. The first-order chi connectivity index (χ1) is 5.64. The van der Waals surface area contributed by atoms with E-state index >= 15 is 0 Å². The van der Waals surface area contributed by atoms with Gasteiger partial charge in [0.1, 0.15) is 0 Å². The molecule has 0 unspecified atom stereocenters. The number of carbonyl (C=O) groups excluding carboxylic acids is 2. The molecule has 15 nitrogen and oxygen atoms in total. The van der Waals surface area contributed by atoms with Crippen LogP contribution in [0.4, 0.5) is 0 Å². The van der Waals surface area contributed by atoms with Crippen molar-refractivity contribution in [2.75, 3.05) is 0 Å². The summed E-state index contributed by atoms with van der Waals surface area (Å²) < 4.78 is 17.0. The number of carbonyl (C=O) groups is 2. The molecule has 0 bridgehead atoms. The number of rotatable bonds is 0. The Balaban J connectivity index is -0.0000000104. The maximum atomic E-state index is 8.93. The Morgan fingerprint density at radius 3 is 0.895 bits per heavy atom. The Bertz CT molecular complexity index is 193. The average Bonchev–Trinajstić information content (AvgIpc) is 1.88. The summed E-state index contributed by atoms with van der Waals surface area (Å²) in [5, 5.41) is 17.9. The van der Waals surface area contributed by atoms with Crippen LogP contribution in [-0.2, 0) is 35.2 Å². The minimum absolute atomic E-state index is 0. The zero-order valence-electron chi connectivity index (χ0n) is 9.15. The molecule has 0 heterocycles. The van der Waals surface area contributed by atoms with Crippen molar-refractivity contribution in [2.24, 2.45) is 0 Å². The van der Waals surface area contributed by atoms with E-state index in [4.69, 9.17) is 42.7 Å². The molecule has 0 rings (SSSR count). The molecule has 0 aromatic rings. The van der Waals surface area contributed by atoms with Crippen molar-refractivity contribution < 1.29 is 87.5 Å². The van der Waals surface area contributed by atoms with Gasteiger partial charge in [0.25, 0.3) is 7.82 Å². The fraction of sp³-hybridized carbons (Fsp3) is 0. The molecule has 0 saturated carbocycles. The second-order valence-corrected chi connectivity index (χ2v) is 2.05. The maximum absolute atomic E-state index is 8.93. The number of phosphoric acid groups is 1. The van der Waals surface area contributed by atoms with Gasteiger partial charge in [-0.15, -0.1) is 0 Å². The molecule has 0 aromatic carbocycles. The van der Waals surface area contributed by atoms with Gasteiger partial charge < -0.3 is 68.0 Å². The van der Waals surface area contributed by atoms with E-state index < -0.39 is 19.8 Å². The normalized spacial score (nSPS) is 5.74. The fourth-order valence-corrected chi connectivity index (χ4v) is 0. The molecule has 0 aliphatic heterocycles. The first-order valence-corrected chi connectivity index (χ1v) is 4.11. The molecule has 0 atom stereocenters. The number of hydrogen-bond acceptors (Lipinski definition) is 7. The molecular weight excluding hydrogens is 344 g/mol. The molecule has 17 heteroatoms. The summed E-state index contributed by atoms with van der Waals surface area (Å²) in [6, 6.07) is 0. The molecular formula is C2H16NO14PV. The number of carboxylic acid groups (broad SMARTS) is 2. The van der Waals surface area contributed by atoms with Gasteiger partial charge >= 0.3 is 21.0 Å². The van der Waals surface area contributed by atoms with Gasteiger partial charge in [-0.25, -0.2) is 0 Å². The minimum atomic E-state index is -4.89. The van der Waals surface area contributed by atoms with Gasteiger partial charge in [-0.05, 0) is 0 Å². The van der Waals surface area contributed by atoms with Crippen molar-refractivity contribution in [1.82, 2.24) is 6.15 Å². The zero-order chi connectivity index (χ0) is 11.7. The van der Waals surface area contributed by atoms with Gasteiger partial charge in [0.05, 0.1) is 11.9 Å². The number of hydrogen-bond donors (Lipinski definition) is 3. The average molecular weight is 360 g/mol. The van der Waals surface area contributed by atoms with Crippen molar-refractivity contribution in [3.05, 3.63) is 0 Å². The molecule has 0 aliphatic carbocycles. The van der Waals surface area contributed by atoms with Gasteiger partial charge in [0.15, 0.2) is 0 Å². The summed E-state index contributed by atoms with van der Waals surface area (Å²) in [4.78, 5) is 40.8. The quantitative estimate of drug-likeness (QED) is 0.272. The van der Waals surface area contributed by atoms with Gasteiger partial charge in [0, 0.05) is 0 Å². The van der Waals surface area contributed by atoms with Crippen LogP contribution in [0.2, 0.25) is 0 Å². The van der Waals surface area contributed by atoms with Crippen molar-refractivity contribution >= 4 is 19.8 Å². The van der Waals surface area contributed by atoms with E-state index in [1.807, 2.05) is 0 Å². The summed E-state index contributed by atoms with van der Waals surface area (Å²) >= 11 is 1.06. The van der Waals surface area contributed by atoms with Gasteiger partial charge in [-0.2, -0.15) is 0 Å². The monoisotopic (exact) mass is 360 g/mol. The standard InChI is InChI=1S/C2H2O4.H3N.H3O4P.5H2O.O.V/c3-1(4)2(5)6;;1-5(2,3)4;;;;;;;/h(H,3,4)(H,5,6);1H3;(H3,1,2,3,4);5*1H2;;/q;;;;;;;;;+2/p-2. The Kier molecular flexibility index (Phi) is 121. The molecule has 0 aliphatic rings. The van der Waals surface area contributed by atoms with Crippen LogP contribution in [0.3, 0.4) is 0 Å². The van der Waals surface area contributed by atoms with Crippen molar-refractivity contribution in [1.29, 1.82) is 0 Å². The Hall–Kier alpha value is -0.806. The predicted molar refractivity (Wildman–Crippen MR) is 46.8 cm³/mol. The van der Waals surface area contributed by atoms with Crippen LogP contribution in [0, 0.1) is 0 Å².